The van der Waals surface area contributed by atoms with Gasteiger partial charge in [-0.3, -0.25) is 14.5 Å². The van der Waals surface area contributed by atoms with Crippen LogP contribution < -0.4 is 9.47 Å². The van der Waals surface area contributed by atoms with Crippen LogP contribution in [0.3, 0.4) is 0 Å². The molecule has 2 aliphatic rings. The molecule has 0 unspecified atom stereocenters. The van der Waals surface area contributed by atoms with Gasteiger partial charge in [0.05, 0.1) is 36.3 Å². The SMILES string of the molecule is CCOc1cc([C@@H]2C(C(=O)OC)=C(C)N=C3S[C@H](C)C(=O)N32)ccc1OC(C)=O. The number of hydrogen-bond donors (Lipinski definition) is 0. The van der Waals surface area contributed by atoms with Crippen molar-refractivity contribution in [1.29, 1.82) is 0 Å². The van der Waals surface area contributed by atoms with Crippen molar-refractivity contribution in [3.63, 3.8) is 0 Å². The Bertz CT molecular complexity index is 939. The van der Waals surface area contributed by atoms with E-state index in [4.69, 9.17) is 14.2 Å². The van der Waals surface area contributed by atoms with Crippen molar-refractivity contribution < 1.29 is 28.6 Å². The first-order valence-corrected chi connectivity index (χ1v) is 9.99. The highest BCUT2D eigenvalue weighted by Crippen LogP contribution is 2.44. The number of aliphatic imine (C=N–C) groups is 1. The van der Waals surface area contributed by atoms with Crippen LogP contribution in [0.15, 0.2) is 34.5 Å². The molecule has 29 heavy (non-hydrogen) atoms. The van der Waals surface area contributed by atoms with Crippen molar-refractivity contribution in [2.75, 3.05) is 13.7 Å². The Morgan fingerprint density at radius 2 is 2.00 bits per heavy atom. The van der Waals surface area contributed by atoms with Gasteiger partial charge in [-0.1, -0.05) is 17.8 Å². The lowest BCUT2D eigenvalue weighted by Gasteiger charge is -2.33. The third-order valence-electron chi connectivity index (χ3n) is 4.50. The minimum Gasteiger partial charge on any atom is -0.490 e. The van der Waals surface area contributed by atoms with Crippen molar-refractivity contribution in [3.8, 4) is 11.5 Å². The number of esters is 2. The van der Waals surface area contributed by atoms with Crippen LogP contribution >= 0.6 is 11.8 Å². The molecule has 0 radical (unpaired) electrons. The van der Waals surface area contributed by atoms with E-state index in [1.807, 2.05) is 6.92 Å². The van der Waals surface area contributed by atoms with Crippen molar-refractivity contribution >= 4 is 34.8 Å². The average Bonchev–Trinajstić information content (AvgIpc) is 2.95. The number of fused-ring (bicyclic) bond motifs is 1. The zero-order chi connectivity index (χ0) is 21.3. The molecule has 0 saturated carbocycles. The summed E-state index contributed by atoms with van der Waals surface area (Å²) >= 11 is 1.35. The normalized spacial score (nSPS) is 20.9. The van der Waals surface area contributed by atoms with Crippen LogP contribution in [0.2, 0.25) is 0 Å². The van der Waals surface area contributed by atoms with Crippen LogP contribution in [0.1, 0.15) is 39.3 Å². The fraction of sp³-hybridized carbons (Fsp3) is 0.400. The third kappa shape index (κ3) is 3.87. The maximum absolute atomic E-state index is 12.9. The summed E-state index contributed by atoms with van der Waals surface area (Å²) in [5.74, 6) is -0.567. The molecule has 1 fully saturated rings. The predicted molar refractivity (Wildman–Crippen MR) is 108 cm³/mol. The van der Waals surface area contributed by atoms with E-state index in [-0.39, 0.29) is 22.5 Å². The monoisotopic (exact) mass is 418 g/mol. The number of amides is 1. The minimum atomic E-state index is -0.717. The highest BCUT2D eigenvalue weighted by Gasteiger charge is 2.46. The Morgan fingerprint density at radius 1 is 1.28 bits per heavy atom. The zero-order valence-electron chi connectivity index (χ0n) is 16.8. The summed E-state index contributed by atoms with van der Waals surface area (Å²) in [6, 6.07) is 4.25. The smallest absolute Gasteiger partial charge is 0.338 e. The van der Waals surface area contributed by atoms with E-state index in [9.17, 15) is 14.4 Å². The van der Waals surface area contributed by atoms with Gasteiger partial charge in [0.1, 0.15) is 0 Å². The number of carbonyl (C=O) groups excluding carboxylic acids is 3. The van der Waals surface area contributed by atoms with E-state index in [0.717, 1.165) is 0 Å². The van der Waals surface area contributed by atoms with E-state index in [0.29, 0.717) is 28.8 Å². The van der Waals surface area contributed by atoms with E-state index >= 15 is 0 Å². The summed E-state index contributed by atoms with van der Waals surface area (Å²) in [6.45, 7) is 6.98. The number of rotatable bonds is 5. The second kappa shape index (κ2) is 8.28. The van der Waals surface area contributed by atoms with Crippen LogP contribution in [0, 0.1) is 0 Å². The van der Waals surface area contributed by atoms with Crippen LogP contribution in [-0.4, -0.2) is 46.9 Å². The molecule has 1 saturated heterocycles. The molecule has 3 rings (SSSR count). The van der Waals surface area contributed by atoms with Crippen LogP contribution in [0.5, 0.6) is 11.5 Å². The maximum atomic E-state index is 12.9. The molecule has 2 heterocycles. The van der Waals surface area contributed by atoms with Crippen molar-refractivity contribution in [2.24, 2.45) is 4.99 Å². The van der Waals surface area contributed by atoms with Gasteiger partial charge < -0.3 is 14.2 Å². The molecule has 1 aromatic rings. The fourth-order valence-corrected chi connectivity index (χ4v) is 4.32. The molecule has 0 aromatic heterocycles. The highest BCUT2D eigenvalue weighted by atomic mass is 32.2. The molecule has 2 aliphatic heterocycles. The van der Waals surface area contributed by atoms with Gasteiger partial charge >= 0.3 is 11.9 Å². The topological polar surface area (TPSA) is 94.5 Å². The van der Waals surface area contributed by atoms with Gasteiger partial charge in [0.15, 0.2) is 16.7 Å². The summed E-state index contributed by atoms with van der Waals surface area (Å²) in [5.41, 5.74) is 1.39. The molecule has 1 amide bonds. The Balaban J connectivity index is 2.15. The Labute approximate surface area is 172 Å². The number of thioether (sulfide) groups is 1. The Morgan fingerprint density at radius 3 is 2.62 bits per heavy atom. The first-order valence-electron chi connectivity index (χ1n) is 9.11. The molecule has 0 N–H and O–H groups in total. The van der Waals surface area contributed by atoms with E-state index in [2.05, 4.69) is 4.99 Å². The highest BCUT2D eigenvalue weighted by molar-refractivity contribution is 8.15. The standard InChI is InChI=1S/C20H22N2O6S/c1-6-27-15-9-13(7-8-14(15)28-12(4)23)17-16(19(25)26-5)10(2)21-20-22(17)18(24)11(3)29-20/h7-9,11,17H,6H2,1-5H3/t11-,17-/m1/s1. The van der Waals surface area contributed by atoms with Crippen molar-refractivity contribution in [1.82, 2.24) is 4.90 Å². The van der Waals surface area contributed by atoms with Gasteiger partial charge in [-0.25, -0.2) is 9.79 Å². The van der Waals surface area contributed by atoms with Crippen molar-refractivity contribution in [3.05, 3.63) is 35.0 Å². The minimum absolute atomic E-state index is 0.144. The van der Waals surface area contributed by atoms with Crippen LogP contribution in [-0.2, 0) is 19.1 Å². The van der Waals surface area contributed by atoms with E-state index in [1.54, 1.807) is 32.0 Å². The molecule has 0 spiro atoms. The van der Waals surface area contributed by atoms with Crippen molar-refractivity contribution in [2.45, 2.75) is 39.0 Å². The lowest BCUT2D eigenvalue weighted by Crippen LogP contribution is -2.40. The number of ether oxygens (including phenoxy) is 3. The largest absolute Gasteiger partial charge is 0.490 e. The molecule has 0 bridgehead atoms. The number of amidine groups is 1. The van der Waals surface area contributed by atoms with Gasteiger partial charge in [0.25, 0.3) is 0 Å². The third-order valence-corrected chi connectivity index (χ3v) is 5.55. The molecule has 2 atom stereocenters. The average molecular weight is 418 g/mol. The first-order chi connectivity index (χ1) is 13.8. The molecule has 8 nitrogen and oxygen atoms in total. The van der Waals surface area contributed by atoms with Gasteiger partial charge in [-0.2, -0.15) is 0 Å². The van der Waals surface area contributed by atoms with Gasteiger partial charge in [0, 0.05) is 6.92 Å². The number of allylic oxidation sites excluding steroid dienone is 1. The Hall–Kier alpha value is -2.81. The number of nitrogens with zero attached hydrogens (tertiary/aromatic N) is 2. The molecule has 1 aromatic carbocycles. The number of carbonyl (C=O) groups is 3. The molecule has 0 aliphatic carbocycles. The summed E-state index contributed by atoms with van der Waals surface area (Å²) in [5, 5.41) is 0.229. The molecule has 154 valence electrons. The number of benzene rings is 1. The van der Waals surface area contributed by atoms with Crippen LogP contribution in [0.4, 0.5) is 0 Å². The summed E-state index contributed by atoms with van der Waals surface area (Å²) in [4.78, 5) is 42.8. The molecular formula is C20H22N2O6S. The quantitative estimate of drug-likeness (QED) is 0.536. The first kappa shape index (κ1) is 20.9. The lowest BCUT2D eigenvalue weighted by atomic mass is 9.94. The van der Waals surface area contributed by atoms with Gasteiger partial charge in [-0.05, 0) is 38.5 Å². The molecule has 9 heteroatoms. The Kier molecular flexibility index (Phi) is 5.97. The van der Waals surface area contributed by atoms with Gasteiger partial charge in [-0.15, -0.1) is 0 Å². The van der Waals surface area contributed by atoms with E-state index in [1.165, 1.54) is 30.7 Å². The van der Waals surface area contributed by atoms with E-state index < -0.39 is 18.0 Å². The number of methoxy groups -OCH3 is 1. The fourth-order valence-electron chi connectivity index (χ4n) is 3.29. The second-order valence-corrected chi connectivity index (χ2v) is 7.80. The summed E-state index contributed by atoms with van der Waals surface area (Å²) < 4.78 is 15.8. The zero-order valence-corrected chi connectivity index (χ0v) is 17.7. The van der Waals surface area contributed by atoms with Gasteiger partial charge in [0.2, 0.25) is 5.91 Å². The van der Waals surface area contributed by atoms with Crippen LogP contribution in [0.25, 0.3) is 0 Å². The number of hydrogen-bond acceptors (Lipinski definition) is 8. The molecular weight excluding hydrogens is 396 g/mol. The lowest BCUT2D eigenvalue weighted by molar-refractivity contribution is -0.137. The summed E-state index contributed by atoms with van der Waals surface area (Å²) in [6.07, 6.45) is 0. The predicted octanol–water partition coefficient (Wildman–Crippen LogP) is 2.83. The second-order valence-electron chi connectivity index (χ2n) is 6.49. The summed E-state index contributed by atoms with van der Waals surface area (Å²) in [7, 11) is 1.29. The maximum Gasteiger partial charge on any atom is 0.338 e.